The summed E-state index contributed by atoms with van der Waals surface area (Å²) in [6, 6.07) is 5.18. The maximum absolute atomic E-state index is 11.7. The van der Waals surface area contributed by atoms with Crippen LogP contribution in [0.25, 0.3) is 11.5 Å². The van der Waals surface area contributed by atoms with Gasteiger partial charge in [0.25, 0.3) is 0 Å². The van der Waals surface area contributed by atoms with Crippen molar-refractivity contribution in [2.45, 2.75) is 6.54 Å². The number of ether oxygens (including phenoxy) is 1. The Morgan fingerprint density at radius 2 is 2.33 bits per heavy atom. The SMILES string of the molecule is O=C(CN1CCOC1=O)NCc1cc(-c2ccco2)on1. The molecule has 0 spiro atoms. The third kappa shape index (κ3) is 3.04. The van der Waals surface area contributed by atoms with E-state index in [2.05, 4.69) is 10.5 Å². The Hall–Kier alpha value is -2.77. The number of hydrogen-bond acceptors (Lipinski definition) is 6. The van der Waals surface area contributed by atoms with Crippen molar-refractivity contribution < 1.29 is 23.3 Å². The number of rotatable bonds is 5. The number of aromatic nitrogens is 1. The van der Waals surface area contributed by atoms with Crippen LogP contribution in [0.3, 0.4) is 0 Å². The highest BCUT2D eigenvalue weighted by Crippen LogP contribution is 2.20. The van der Waals surface area contributed by atoms with Crippen molar-refractivity contribution in [2.75, 3.05) is 19.7 Å². The zero-order valence-corrected chi connectivity index (χ0v) is 11.1. The summed E-state index contributed by atoms with van der Waals surface area (Å²) >= 11 is 0. The normalized spacial score (nSPS) is 14.3. The molecule has 0 bridgehead atoms. The number of carbonyl (C=O) groups excluding carboxylic acids is 2. The summed E-state index contributed by atoms with van der Waals surface area (Å²) in [5, 5.41) is 6.50. The molecule has 3 rings (SSSR count). The molecule has 2 aromatic heterocycles. The van der Waals surface area contributed by atoms with Crippen molar-refractivity contribution >= 4 is 12.0 Å². The van der Waals surface area contributed by atoms with Crippen molar-refractivity contribution in [3.05, 3.63) is 30.2 Å². The fourth-order valence-electron chi connectivity index (χ4n) is 1.92. The van der Waals surface area contributed by atoms with Gasteiger partial charge in [-0.25, -0.2) is 4.79 Å². The van der Waals surface area contributed by atoms with Crippen LogP contribution in [-0.4, -0.2) is 41.8 Å². The van der Waals surface area contributed by atoms with Gasteiger partial charge in [0.2, 0.25) is 11.7 Å². The largest absolute Gasteiger partial charge is 0.461 e. The lowest BCUT2D eigenvalue weighted by Crippen LogP contribution is -2.37. The summed E-state index contributed by atoms with van der Waals surface area (Å²) < 4.78 is 15.0. The molecule has 0 aromatic carbocycles. The molecule has 0 unspecified atom stereocenters. The lowest BCUT2D eigenvalue weighted by atomic mass is 10.3. The monoisotopic (exact) mass is 291 g/mol. The van der Waals surface area contributed by atoms with Gasteiger partial charge in [-0.1, -0.05) is 5.16 Å². The first kappa shape index (κ1) is 13.2. The summed E-state index contributed by atoms with van der Waals surface area (Å²) in [7, 11) is 0. The van der Waals surface area contributed by atoms with Crippen molar-refractivity contribution in [3.63, 3.8) is 0 Å². The van der Waals surface area contributed by atoms with Gasteiger partial charge in [-0.15, -0.1) is 0 Å². The van der Waals surface area contributed by atoms with E-state index < -0.39 is 6.09 Å². The minimum absolute atomic E-state index is 0.0261. The molecule has 1 aliphatic heterocycles. The number of cyclic esters (lactones) is 1. The molecule has 0 aliphatic carbocycles. The average Bonchev–Trinajstić information content (AvgIpc) is 3.18. The molecule has 2 aromatic rings. The van der Waals surface area contributed by atoms with Gasteiger partial charge in [0.1, 0.15) is 18.8 Å². The molecule has 0 atom stereocenters. The second kappa shape index (κ2) is 5.70. The number of nitrogens with one attached hydrogen (secondary N) is 1. The minimum Gasteiger partial charge on any atom is -0.461 e. The quantitative estimate of drug-likeness (QED) is 0.882. The molecule has 3 heterocycles. The van der Waals surface area contributed by atoms with Crippen molar-refractivity contribution in [1.29, 1.82) is 0 Å². The number of amides is 2. The Morgan fingerprint density at radius 3 is 3.05 bits per heavy atom. The zero-order valence-electron chi connectivity index (χ0n) is 11.1. The predicted octanol–water partition coefficient (Wildman–Crippen LogP) is 1.00. The summed E-state index contributed by atoms with van der Waals surface area (Å²) in [4.78, 5) is 24.3. The van der Waals surface area contributed by atoms with E-state index in [9.17, 15) is 9.59 Å². The highest BCUT2D eigenvalue weighted by atomic mass is 16.6. The van der Waals surface area contributed by atoms with E-state index in [1.807, 2.05) is 0 Å². The molecule has 2 amide bonds. The first-order chi connectivity index (χ1) is 10.2. The van der Waals surface area contributed by atoms with Crippen LogP contribution >= 0.6 is 0 Å². The molecule has 1 fully saturated rings. The van der Waals surface area contributed by atoms with E-state index in [1.54, 1.807) is 18.2 Å². The van der Waals surface area contributed by atoms with Crippen LogP contribution in [-0.2, 0) is 16.1 Å². The van der Waals surface area contributed by atoms with Crippen molar-refractivity contribution in [2.24, 2.45) is 0 Å². The van der Waals surface area contributed by atoms with Gasteiger partial charge in [-0.2, -0.15) is 0 Å². The van der Waals surface area contributed by atoms with Gasteiger partial charge in [0.15, 0.2) is 5.76 Å². The molecule has 8 nitrogen and oxygen atoms in total. The third-order valence-corrected chi connectivity index (χ3v) is 2.97. The number of nitrogens with zero attached hydrogens (tertiary/aromatic N) is 2. The van der Waals surface area contributed by atoms with Gasteiger partial charge in [-0.05, 0) is 12.1 Å². The molecule has 21 heavy (non-hydrogen) atoms. The maximum Gasteiger partial charge on any atom is 0.410 e. The summed E-state index contributed by atoms with van der Waals surface area (Å²) in [5.41, 5.74) is 0.568. The van der Waals surface area contributed by atoms with Crippen LogP contribution in [0.1, 0.15) is 5.69 Å². The number of carbonyl (C=O) groups is 2. The number of hydrogen-bond donors (Lipinski definition) is 1. The smallest absolute Gasteiger partial charge is 0.410 e. The molecule has 1 saturated heterocycles. The highest BCUT2D eigenvalue weighted by Gasteiger charge is 2.24. The molecule has 0 saturated carbocycles. The summed E-state index contributed by atoms with van der Waals surface area (Å²) in [6.07, 6.45) is 1.07. The lowest BCUT2D eigenvalue weighted by Gasteiger charge is -2.11. The Balaban J connectivity index is 1.51. The van der Waals surface area contributed by atoms with Gasteiger partial charge >= 0.3 is 6.09 Å². The molecule has 8 heteroatoms. The van der Waals surface area contributed by atoms with Crippen LogP contribution in [0.15, 0.2) is 33.4 Å². The molecule has 0 radical (unpaired) electrons. The minimum atomic E-state index is -0.466. The highest BCUT2D eigenvalue weighted by molar-refractivity contribution is 5.82. The van der Waals surface area contributed by atoms with E-state index in [0.717, 1.165) is 0 Å². The Kier molecular flexibility index (Phi) is 3.59. The maximum atomic E-state index is 11.7. The fourth-order valence-corrected chi connectivity index (χ4v) is 1.92. The van der Waals surface area contributed by atoms with E-state index in [0.29, 0.717) is 30.4 Å². The Bertz CT molecular complexity index is 634. The fraction of sp³-hybridized carbons (Fsp3) is 0.308. The van der Waals surface area contributed by atoms with Crippen molar-refractivity contribution in [3.8, 4) is 11.5 Å². The molecule has 1 N–H and O–H groups in total. The first-order valence-electron chi connectivity index (χ1n) is 6.40. The van der Waals surface area contributed by atoms with Gasteiger partial charge in [-0.3, -0.25) is 9.69 Å². The van der Waals surface area contributed by atoms with Crippen molar-refractivity contribution in [1.82, 2.24) is 15.4 Å². The lowest BCUT2D eigenvalue weighted by molar-refractivity contribution is -0.121. The molecular formula is C13H13N3O5. The average molecular weight is 291 g/mol. The van der Waals surface area contributed by atoms with Crippen LogP contribution in [0.2, 0.25) is 0 Å². The molecule has 1 aliphatic rings. The van der Waals surface area contributed by atoms with Crippen LogP contribution in [0.5, 0.6) is 0 Å². The van der Waals surface area contributed by atoms with Gasteiger partial charge in [0.05, 0.1) is 19.4 Å². The van der Waals surface area contributed by atoms with Crippen LogP contribution < -0.4 is 5.32 Å². The second-order valence-electron chi connectivity index (χ2n) is 4.47. The van der Waals surface area contributed by atoms with Gasteiger partial charge < -0.3 is 19.0 Å². The first-order valence-corrected chi connectivity index (χ1v) is 6.40. The third-order valence-electron chi connectivity index (χ3n) is 2.97. The molecular weight excluding hydrogens is 278 g/mol. The number of furan rings is 1. The second-order valence-corrected chi connectivity index (χ2v) is 4.47. The molecule has 110 valence electrons. The van der Waals surface area contributed by atoms with Crippen LogP contribution in [0.4, 0.5) is 4.79 Å². The standard InChI is InChI=1S/C13H13N3O5/c17-12(8-16-3-5-20-13(16)18)14-7-9-6-11(21-15-9)10-2-1-4-19-10/h1-2,4,6H,3,5,7-8H2,(H,14,17). The Morgan fingerprint density at radius 1 is 1.43 bits per heavy atom. The summed E-state index contributed by atoms with van der Waals surface area (Å²) in [6.45, 7) is 0.939. The van der Waals surface area contributed by atoms with Gasteiger partial charge in [0, 0.05) is 6.07 Å². The van der Waals surface area contributed by atoms with E-state index >= 15 is 0 Å². The van der Waals surface area contributed by atoms with E-state index in [-0.39, 0.29) is 19.0 Å². The summed E-state index contributed by atoms with van der Waals surface area (Å²) in [5.74, 6) is 0.781. The topological polar surface area (TPSA) is 97.8 Å². The predicted molar refractivity (Wildman–Crippen MR) is 69.0 cm³/mol. The van der Waals surface area contributed by atoms with E-state index in [1.165, 1.54) is 11.2 Å². The Labute approximate surface area is 119 Å². The van der Waals surface area contributed by atoms with E-state index in [4.69, 9.17) is 13.7 Å². The van der Waals surface area contributed by atoms with Crippen LogP contribution in [0, 0.1) is 0 Å². The zero-order chi connectivity index (χ0) is 14.7.